The molecule has 1 N–H and O–H groups in total. The molecule has 3 heterocycles. The van der Waals surface area contributed by atoms with E-state index in [-0.39, 0.29) is 11.8 Å². The Kier molecular flexibility index (Phi) is 8.43. The first-order valence-corrected chi connectivity index (χ1v) is 13.5. The van der Waals surface area contributed by atoms with E-state index in [1.807, 2.05) is 18.2 Å². The lowest BCUT2D eigenvalue weighted by atomic mass is 9.97. The molecule has 0 bridgehead atoms. The van der Waals surface area contributed by atoms with Crippen molar-refractivity contribution < 1.29 is 18.8 Å². The maximum absolute atomic E-state index is 13.0. The lowest BCUT2D eigenvalue weighted by molar-refractivity contribution is -0.127. The topological polar surface area (TPSA) is 93.0 Å². The van der Waals surface area contributed by atoms with Gasteiger partial charge in [-0.3, -0.25) is 9.69 Å². The summed E-state index contributed by atoms with van der Waals surface area (Å²) in [5, 5.41) is 7.29. The molecule has 2 fully saturated rings. The summed E-state index contributed by atoms with van der Waals surface area (Å²) in [4.78, 5) is 22.2. The zero-order valence-corrected chi connectivity index (χ0v) is 22.3. The standard InChI is InChI=1S/C29H37N5O4/c1-36-25-13-10-22(17-26(25)37-2)28-31-27(38-32-28)20-33-14-6-7-23(19-33)29(35)30-18-21-8-11-24(12-9-21)34-15-4-3-5-16-34/h8-13,17,23H,3-7,14-16,18-20H2,1-2H3,(H,30,35). The molecule has 38 heavy (non-hydrogen) atoms. The van der Waals surface area contributed by atoms with Gasteiger partial charge in [0.05, 0.1) is 26.7 Å². The van der Waals surface area contributed by atoms with Crippen LogP contribution in [0, 0.1) is 5.92 Å². The minimum Gasteiger partial charge on any atom is -0.493 e. The predicted molar refractivity (Wildman–Crippen MR) is 145 cm³/mol. The molecule has 1 amide bonds. The van der Waals surface area contributed by atoms with Crippen LogP contribution >= 0.6 is 0 Å². The molecule has 1 unspecified atom stereocenters. The second kappa shape index (κ2) is 12.3. The minimum atomic E-state index is -0.0513. The van der Waals surface area contributed by atoms with Crippen molar-refractivity contribution >= 4 is 11.6 Å². The van der Waals surface area contributed by atoms with Gasteiger partial charge in [0, 0.05) is 37.4 Å². The van der Waals surface area contributed by atoms with Crippen molar-refractivity contribution in [2.75, 3.05) is 45.3 Å². The highest BCUT2D eigenvalue weighted by molar-refractivity contribution is 5.79. The van der Waals surface area contributed by atoms with Crippen LogP contribution in [0.3, 0.4) is 0 Å². The number of hydrogen-bond acceptors (Lipinski definition) is 8. The van der Waals surface area contributed by atoms with Gasteiger partial charge in [-0.2, -0.15) is 4.98 Å². The zero-order valence-electron chi connectivity index (χ0n) is 22.3. The van der Waals surface area contributed by atoms with Gasteiger partial charge in [-0.25, -0.2) is 0 Å². The van der Waals surface area contributed by atoms with E-state index in [9.17, 15) is 4.79 Å². The molecule has 0 aliphatic carbocycles. The molecule has 1 aromatic heterocycles. The first-order chi connectivity index (χ1) is 18.6. The van der Waals surface area contributed by atoms with Gasteiger partial charge in [0.15, 0.2) is 11.5 Å². The average molecular weight is 520 g/mol. The fourth-order valence-electron chi connectivity index (χ4n) is 5.33. The van der Waals surface area contributed by atoms with Crippen LogP contribution in [-0.2, 0) is 17.9 Å². The highest BCUT2D eigenvalue weighted by Gasteiger charge is 2.27. The second-order valence-corrected chi connectivity index (χ2v) is 10.1. The van der Waals surface area contributed by atoms with Gasteiger partial charge in [0.1, 0.15) is 0 Å². The van der Waals surface area contributed by atoms with E-state index in [2.05, 4.69) is 49.5 Å². The van der Waals surface area contributed by atoms with Crippen LogP contribution < -0.4 is 19.7 Å². The third-order valence-corrected chi connectivity index (χ3v) is 7.47. The fourth-order valence-corrected chi connectivity index (χ4v) is 5.33. The van der Waals surface area contributed by atoms with Crippen LogP contribution in [0.5, 0.6) is 11.5 Å². The number of methoxy groups -OCH3 is 2. The number of amides is 1. The second-order valence-electron chi connectivity index (χ2n) is 10.1. The molecule has 0 radical (unpaired) electrons. The lowest BCUT2D eigenvalue weighted by Crippen LogP contribution is -2.42. The Bertz CT molecular complexity index is 1210. The summed E-state index contributed by atoms with van der Waals surface area (Å²) in [6, 6.07) is 14.1. The van der Waals surface area contributed by atoms with Gasteiger partial charge in [-0.05, 0) is 74.5 Å². The SMILES string of the molecule is COc1ccc(-c2noc(CN3CCCC(C(=O)NCc4ccc(N5CCCCC5)cc4)C3)n2)cc1OC. The molecular weight excluding hydrogens is 482 g/mol. The molecule has 0 saturated carbocycles. The Labute approximate surface area is 224 Å². The van der Waals surface area contributed by atoms with Crippen molar-refractivity contribution in [1.29, 1.82) is 0 Å². The quantitative estimate of drug-likeness (QED) is 0.448. The van der Waals surface area contributed by atoms with Crippen molar-refractivity contribution in [3.63, 3.8) is 0 Å². The number of nitrogens with one attached hydrogen (secondary N) is 1. The van der Waals surface area contributed by atoms with Crippen LogP contribution in [0.1, 0.15) is 43.6 Å². The molecule has 2 aromatic carbocycles. The molecule has 9 heteroatoms. The Morgan fingerprint density at radius 2 is 1.79 bits per heavy atom. The van der Waals surface area contributed by atoms with Crippen molar-refractivity contribution in [3.05, 3.63) is 53.9 Å². The first kappa shape index (κ1) is 26.0. The molecule has 5 rings (SSSR count). The van der Waals surface area contributed by atoms with E-state index in [1.165, 1.54) is 24.9 Å². The van der Waals surface area contributed by atoms with E-state index in [4.69, 9.17) is 14.0 Å². The minimum absolute atomic E-state index is 0.0513. The molecule has 2 saturated heterocycles. The number of anilines is 1. The number of likely N-dealkylation sites (tertiary alicyclic amines) is 1. The van der Waals surface area contributed by atoms with Crippen molar-refractivity contribution in [1.82, 2.24) is 20.4 Å². The van der Waals surface area contributed by atoms with E-state index >= 15 is 0 Å². The number of hydrogen-bond donors (Lipinski definition) is 1. The number of aromatic nitrogens is 2. The molecule has 202 valence electrons. The fraction of sp³-hybridized carbons (Fsp3) is 0.483. The Morgan fingerprint density at radius 3 is 2.55 bits per heavy atom. The Morgan fingerprint density at radius 1 is 1.00 bits per heavy atom. The number of piperidine rings is 2. The molecule has 2 aliphatic heterocycles. The third-order valence-electron chi connectivity index (χ3n) is 7.47. The summed E-state index contributed by atoms with van der Waals surface area (Å²) >= 11 is 0. The lowest BCUT2D eigenvalue weighted by Gasteiger charge is -2.31. The zero-order chi connectivity index (χ0) is 26.3. The van der Waals surface area contributed by atoms with Crippen LogP contribution in [-0.4, -0.2) is 61.3 Å². The molecule has 0 spiro atoms. The molecular formula is C29H37N5O4. The first-order valence-electron chi connectivity index (χ1n) is 13.5. The smallest absolute Gasteiger partial charge is 0.241 e. The normalized spacial score (nSPS) is 18.3. The number of rotatable bonds is 9. The summed E-state index contributed by atoms with van der Waals surface area (Å²) in [6.45, 7) is 4.91. The van der Waals surface area contributed by atoms with Crippen molar-refractivity contribution in [2.24, 2.45) is 5.92 Å². The van der Waals surface area contributed by atoms with E-state index in [0.29, 0.717) is 42.8 Å². The van der Waals surface area contributed by atoms with Gasteiger partial charge < -0.3 is 24.2 Å². The third kappa shape index (κ3) is 6.27. The summed E-state index contributed by atoms with van der Waals surface area (Å²) in [5.74, 6) is 2.34. The summed E-state index contributed by atoms with van der Waals surface area (Å²) < 4.78 is 16.2. The Balaban J connectivity index is 1.12. The maximum atomic E-state index is 13.0. The van der Waals surface area contributed by atoms with Gasteiger partial charge in [-0.15, -0.1) is 0 Å². The predicted octanol–water partition coefficient (Wildman–Crippen LogP) is 4.27. The number of carbonyl (C=O) groups excluding carboxylic acids is 1. The number of ether oxygens (including phenoxy) is 2. The highest BCUT2D eigenvalue weighted by Crippen LogP contribution is 2.31. The monoisotopic (exact) mass is 519 g/mol. The number of nitrogens with zero attached hydrogens (tertiary/aromatic N) is 4. The molecule has 9 nitrogen and oxygen atoms in total. The average Bonchev–Trinajstić information content (AvgIpc) is 3.44. The summed E-state index contributed by atoms with van der Waals surface area (Å²) in [5.41, 5.74) is 3.19. The molecule has 3 aromatic rings. The maximum Gasteiger partial charge on any atom is 0.241 e. The summed E-state index contributed by atoms with van der Waals surface area (Å²) in [6.07, 6.45) is 5.70. The van der Waals surface area contributed by atoms with Gasteiger partial charge >= 0.3 is 0 Å². The van der Waals surface area contributed by atoms with Gasteiger partial charge in [0.2, 0.25) is 17.6 Å². The van der Waals surface area contributed by atoms with Gasteiger partial charge in [0.25, 0.3) is 0 Å². The van der Waals surface area contributed by atoms with Crippen molar-refractivity contribution in [3.8, 4) is 22.9 Å². The van der Waals surface area contributed by atoms with Gasteiger partial charge in [-0.1, -0.05) is 17.3 Å². The van der Waals surface area contributed by atoms with Crippen LogP contribution in [0.4, 0.5) is 5.69 Å². The highest BCUT2D eigenvalue weighted by atomic mass is 16.5. The van der Waals surface area contributed by atoms with E-state index in [1.54, 1.807) is 14.2 Å². The van der Waals surface area contributed by atoms with E-state index < -0.39 is 0 Å². The Hall–Kier alpha value is -3.59. The molecule has 1 atom stereocenters. The number of carbonyl (C=O) groups is 1. The molecule has 2 aliphatic rings. The van der Waals surface area contributed by atoms with Crippen molar-refractivity contribution in [2.45, 2.75) is 45.2 Å². The van der Waals surface area contributed by atoms with Crippen LogP contribution in [0.25, 0.3) is 11.4 Å². The van der Waals surface area contributed by atoms with E-state index in [0.717, 1.165) is 43.6 Å². The number of benzene rings is 2. The summed E-state index contributed by atoms with van der Waals surface area (Å²) in [7, 11) is 3.20. The van der Waals surface area contributed by atoms with Crippen LogP contribution in [0.2, 0.25) is 0 Å². The van der Waals surface area contributed by atoms with Crippen LogP contribution in [0.15, 0.2) is 47.0 Å². The largest absolute Gasteiger partial charge is 0.493 e.